The van der Waals surface area contributed by atoms with Gasteiger partial charge in [-0.3, -0.25) is 8.97 Å². The van der Waals surface area contributed by atoms with Crippen LogP contribution in [0.4, 0.5) is 0 Å². The van der Waals surface area contributed by atoms with Gasteiger partial charge < -0.3 is 0 Å². The summed E-state index contributed by atoms with van der Waals surface area (Å²) >= 11 is 12.6. The maximum absolute atomic E-state index is 6.28. The second-order valence-corrected chi connectivity index (χ2v) is 12.7. The molecule has 0 bridgehead atoms. The van der Waals surface area contributed by atoms with Gasteiger partial charge in [0, 0.05) is 42.7 Å². The monoisotopic (exact) mass is 656 g/mol. The van der Waals surface area contributed by atoms with Gasteiger partial charge in [0.2, 0.25) is 5.95 Å². The zero-order valence-corrected chi connectivity index (χ0v) is 26.7. The van der Waals surface area contributed by atoms with E-state index in [2.05, 4.69) is 87.8 Å². The van der Waals surface area contributed by atoms with Crippen LogP contribution in [0.3, 0.4) is 0 Å². The largest absolute Gasteiger partial charge is 0.292 e. The van der Waals surface area contributed by atoms with Crippen LogP contribution in [0.25, 0.3) is 88.9 Å². The first kappa shape index (κ1) is 27.3. The molecule has 10 rings (SSSR count). The summed E-state index contributed by atoms with van der Waals surface area (Å²) in [5.41, 5.74) is 7.67. The Bertz CT molecular complexity index is 2840. The minimum absolute atomic E-state index is 0.512. The van der Waals surface area contributed by atoms with Gasteiger partial charge in [0.05, 0.1) is 27.6 Å². The van der Waals surface area contributed by atoms with Crippen LogP contribution in [-0.2, 0) is 0 Å². The quantitative estimate of drug-likeness (QED) is 0.177. The van der Waals surface area contributed by atoms with E-state index in [0.29, 0.717) is 27.6 Å². The molecular weight excluding hydrogens is 635 g/mol. The van der Waals surface area contributed by atoms with E-state index in [4.69, 9.17) is 43.1 Å². The van der Waals surface area contributed by atoms with Crippen molar-refractivity contribution in [1.82, 2.24) is 28.9 Å². The molecule has 4 heterocycles. The highest BCUT2D eigenvalue weighted by molar-refractivity contribution is 6.31. The lowest BCUT2D eigenvalue weighted by molar-refractivity contribution is 0.955. The Morgan fingerprint density at radius 1 is 0.438 bits per heavy atom. The molecule has 0 amide bonds. The summed E-state index contributed by atoms with van der Waals surface area (Å²) < 4.78 is 4.46. The highest BCUT2D eigenvalue weighted by atomic mass is 35.5. The third kappa shape index (κ3) is 4.00. The average molecular weight is 658 g/mol. The van der Waals surface area contributed by atoms with E-state index in [1.165, 1.54) is 0 Å². The van der Waals surface area contributed by atoms with Crippen molar-refractivity contribution >= 4 is 83.4 Å². The molecule has 0 aliphatic rings. The maximum Gasteiger partial charge on any atom is 0.238 e. The number of imidazole rings is 1. The molecule has 10 aromatic rings. The topological polar surface area (TPSA) is 60.9 Å². The standard InChI is InChI=1S/C40H22Cl2N6/c41-25-17-13-23(14-18-25)37-44-38(24-15-19-26(42)20-16-24)46-40(45-37)48-32-11-5-3-7-27(32)29-21-22-34-35(36(29)48)28-8-1-2-9-30(28)39-43-31-10-4-6-12-33(31)47(34)39/h1-22H. The molecule has 0 atom stereocenters. The van der Waals surface area contributed by atoms with Crippen molar-refractivity contribution in [1.29, 1.82) is 0 Å². The molecule has 0 aliphatic carbocycles. The van der Waals surface area contributed by atoms with Crippen LogP contribution in [-0.4, -0.2) is 28.9 Å². The van der Waals surface area contributed by atoms with Crippen molar-refractivity contribution in [2.24, 2.45) is 0 Å². The van der Waals surface area contributed by atoms with E-state index in [0.717, 1.165) is 71.3 Å². The van der Waals surface area contributed by atoms with Gasteiger partial charge in [-0.15, -0.1) is 0 Å². The number of benzene rings is 6. The molecule has 0 unspecified atom stereocenters. The van der Waals surface area contributed by atoms with Crippen LogP contribution in [0, 0.1) is 0 Å². The maximum atomic E-state index is 6.28. The van der Waals surface area contributed by atoms with E-state index in [1.807, 2.05) is 54.6 Å². The molecule has 0 saturated heterocycles. The Kier molecular flexibility index (Phi) is 5.88. The minimum Gasteiger partial charge on any atom is -0.292 e. The van der Waals surface area contributed by atoms with Crippen molar-refractivity contribution in [2.75, 3.05) is 0 Å². The van der Waals surface area contributed by atoms with Gasteiger partial charge in [-0.2, -0.15) is 9.97 Å². The second-order valence-electron chi connectivity index (χ2n) is 11.8. The van der Waals surface area contributed by atoms with Crippen LogP contribution < -0.4 is 0 Å². The molecule has 6 aromatic carbocycles. The summed E-state index contributed by atoms with van der Waals surface area (Å²) in [6.45, 7) is 0. The molecular formula is C40H22Cl2N6. The van der Waals surface area contributed by atoms with Crippen LogP contribution >= 0.6 is 23.2 Å². The average Bonchev–Trinajstić information content (AvgIpc) is 3.69. The highest BCUT2D eigenvalue weighted by Crippen LogP contribution is 2.41. The fraction of sp³-hybridized carbons (Fsp3) is 0. The van der Waals surface area contributed by atoms with Crippen LogP contribution in [0.5, 0.6) is 0 Å². The number of rotatable bonds is 3. The Balaban J connectivity index is 1.40. The third-order valence-corrected chi connectivity index (χ3v) is 9.59. The Hall–Kier alpha value is -5.82. The number of pyridine rings is 1. The molecule has 0 N–H and O–H groups in total. The van der Waals surface area contributed by atoms with Gasteiger partial charge in [-0.1, -0.05) is 83.9 Å². The number of hydrogen-bond donors (Lipinski definition) is 0. The van der Waals surface area contributed by atoms with Crippen molar-refractivity contribution in [3.05, 3.63) is 144 Å². The SMILES string of the molecule is Clc1ccc(-c2nc(-c3ccc(Cl)cc3)nc(-n3c4ccccc4c4ccc5c(c6ccccc6c6nc7ccccc7n56)c43)n2)cc1. The second kappa shape index (κ2) is 10.3. The summed E-state index contributed by atoms with van der Waals surface area (Å²) in [6.07, 6.45) is 0. The van der Waals surface area contributed by atoms with Gasteiger partial charge >= 0.3 is 0 Å². The van der Waals surface area contributed by atoms with E-state index in [9.17, 15) is 0 Å². The van der Waals surface area contributed by atoms with Crippen molar-refractivity contribution in [3.8, 4) is 28.7 Å². The molecule has 0 aliphatic heterocycles. The first-order chi connectivity index (χ1) is 23.6. The third-order valence-electron chi connectivity index (χ3n) is 9.08. The van der Waals surface area contributed by atoms with Crippen molar-refractivity contribution < 1.29 is 0 Å². The lowest BCUT2D eigenvalue weighted by Crippen LogP contribution is -2.07. The van der Waals surface area contributed by atoms with Crippen molar-refractivity contribution in [2.45, 2.75) is 0 Å². The molecule has 226 valence electrons. The number of aromatic nitrogens is 6. The molecule has 6 nitrogen and oxygen atoms in total. The zero-order valence-electron chi connectivity index (χ0n) is 25.1. The first-order valence-electron chi connectivity index (χ1n) is 15.5. The molecule has 4 aromatic heterocycles. The van der Waals surface area contributed by atoms with E-state index in [1.54, 1.807) is 0 Å². The number of halogens is 2. The Morgan fingerprint density at radius 3 is 1.71 bits per heavy atom. The normalized spacial score (nSPS) is 12.0. The van der Waals surface area contributed by atoms with E-state index < -0.39 is 0 Å². The van der Waals surface area contributed by atoms with Crippen LogP contribution in [0.1, 0.15) is 0 Å². The lowest BCUT2D eigenvalue weighted by atomic mass is 10.0. The molecule has 8 heteroatoms. The predicted molar refractivity (Wildman–Crippen MR) is 196 cm³/mol. The van der Waals surface area contributed by atoms with Gasteiger partial charge in [0.25, 0.3) is 0 Å². The summed E-state index contributed by atoms with van der Waals surface area (Å²) in [4.78, 5) is 20.4. The number of nitrogens with zero attached hydrogens (tertiary/aromatic N) is 6. The Morgan fingerprint density at radius 2 is 1.02 bits per heavy atom. The van der Waals surface area contributed by atoms with Gasteiger partial charge in [-0.25, -0.2) is 9.97 Å². The summed E-state index contributed by atoms with van der Waals surface area (Å²) in [7, 11) is 0. The minimum atomic E-state index is 0.512. The molecule has 0 fully saturated rings. The molecule has 0 spiro atoms. The number of fused-ring (bicyclic) bond motifs is 12. The Labute approximate surface area is 283 Å². The number of para-hydroxylation sites is 3. The van der Waals surface area contributed by atoms with Crippen LogP contribution in [0.2, 0.25) is 10.0 Å². The summed E-state index contributed by atoms with van der Waals surface area (Å²) in [5, 5.41) is 6.77. The van der Waals surface area contributed by atoms with Gasteiger partial charge in [0.15, 0.2) is 11.6 Å². The molecule has 0 radical (unpaired) electrons. The fourth-order valence-electron chi connectivity index (χ4n) is 6.97. The zero-order chi connectivity index (χ0) is 31.9. The number of hydrogen-bond acceptors (Lipinski definition) is 4. The summed E-state index contributed by atoms with van der Waals surface area (Å²) in [6, 6.07) is 44.8. The lowest BCUT2D eigenvalue weighted by Gasteiger charge is -2.14. The molecule has 0 saturated carbocycles. The molecule has 48 heavy (non-hydrogen) atoms. The summed E-state index contributed by atoms with van der Waals surface area (Å²) in [5.74, 6) is 1.60. The highest BCUT2D eigenvalue weighted by Gasteiger charge is 2.22. The smallest absolute Gasteiger partial charge is 0.238 e. The van der Waals surface area contributed by atoms with E-state index in [-0.39, 0.29) is 0 Å². The van der Waals surface area contributed by atoms with Gasteiger partial charge in [-0.05, 0) is 78.2 Å². The fourth-order valence-corrected chi connectivity index (χ4v) is 7.23. The predicted octanol–water partition coefficient (Wildman–Crippen LogP) is 10.7. The van der Waals surface area contributed by atoms with Crippen LogP contribution in [0.15, 0.2) is 133 Å². The van der Waals surface area contributed by atoms with Gasteiger partial charge in [0.1, 0.15) is 5.65 Å². The first-order valence-corrected chi connectivity index (χ1v) is 16.3. The van der Waals surface area contributed by atoms with Crippen molar-refractivity contribution in [3.63, 3.8) is 0 Å². The van der Waals surface area contributed by atoms with E-state index >= 15 is 0 Å².